The van der Waals surface area contributed by atoms with E-state index in [4.69, 9.17) is 0 Å². The first-order chi connectivity index (χ1) is 12.0. The number of imidazole rings is 2. The Bertz CT molecular complexity index is 1210. The maximum absolute atomic E-state index is 12.9. The lowest BCUT2D eigenvalue weighted by atomic mass is 10.3. The first-order valence-electron chi connectivity index (χ1n) is 8.30. The van der Waals surface area contributed by atoms with Crippen LogP contribution in [0.2, 0.25) is 0 Å². The molecule has 0 atom stereocenters. The monoisotopic (exact) mass is 337 g/mol. The smallest absolute Gasteiger partial charge is 0.283 e. The third-order valence-corrected chi connectivity index (χ3v) is 4.49. The summed E-state index contributed by atoms with van der Waals surface area (Å²) in [7, 11) is 1.66. The first kappa shape index (κ1) is 15.4. The molecule has 0 fully saturated rings. The van der Waals surface area contributed by atoms with Gasteiger partial charge in [0.05, 0.1) is 0 Å². The molecule has 7 nitrogen and oxygen atoms in total. The van der Waals surface area contributed by atoms with Crippen molar-refractivity contribution in [2.75, 3.05) is 0 Å². The maximum Gasteiger partial charge on any atom is 0.332 e. The normalized spacial score (nSPS) is 11.6. The molecule has 0 radical (unpaired) electrons. The second kappa shape index (κ2) is 5.47. The van der Waals surface area contributed by atoms with Crippen LogP contribution in [-0.2, 0) is 13.6 Å². The molecule has 0 spiro atoms. The molecular formula is C18H19N5O2. The number of aromatic nitrogens is 5. The van der Waals surface area contributed by atoms with Gasteiger partial charge < -0.3 is 0 Å². The van der Waals surface area contributed by atoms with Gasteiger partial charge in [0, 0.05) is 31.2 Å². The minimum atomic E-state index is -0.330. The molecule has 0 amide bonds. The summed E-state index contributed by atoms with van der Waals surface area (Å²) in [5.41, 5.74) is 2.14. The van der Waals surface area contributed by atoms with Crippen molar-refractivity contribution in [1.29, 1.82) is 0 Å². The van der Waals surface area contributed by atoms with Gasteiger partial charge in [-0.05, 0) is 25.5 Å². The van der Waals surface area contributed by atoms with E-state index in [1.165, 1.54) is 9.13 Å². The predicted molar refractivity (Wildman–Crippen MR) is 96.6 cm³/mol. The van der Waals surface area contributed by atoms with Crippen LogP contribution < -0.4 is 11.2 Å². The standard InChI is InChI=1S/C18H19N5O2/c1-4-10-21-16(24)14-15(20(3)18(21)25)19-17-22(14)11-12(2)23(17)13-8-6-5-7-9-13/h5-9,11H,4,10H2,1-3H3. The minimum Gasteiger partial charge on any atom is -0.283 e. The van der Waals surface area contributed by atoms with Crippen molar-refractivity contribution in [3.63, 3.8) is 0 Å². The summed E-state index contributed by atoms with van der Waals surface area (Å²) in [4.78, 5) is 30.0. The SMILES string of the molecule is CCCn1c(=O)c2c(nc3n(-c4ccccc4)c(C)cn23)n(C)c1=O. The first-order valence-corrected chi connectivity index (χ1v) is 8.30. The van der Waals surface area contributed by atoms with Crippen molar-refractivity contribution in [3.8, 4) is 5.69 Å². The van der Waals surface area contributed by atoms with Crippen LogP contribution in [0.4, 0.5) is 0 Å². The van der Waals surface area contributed by atoms with Gasteiger partial charge in [-0.1, -0.05) is 25.1 Å². The second-order valence-corrected chi connectivity index (χ2v) is 6.19. The fraction of sp³-hybridized carbons (Fsp3) is 0.278. The summed E-state index contributed by atoms with van der Waals surface area (Å²) in [6, 6.07) is 9.84. The molecule has 0 saturated heterocycles. The third kappa shape index (κ3) is 2.08. The van der Waals surface area contributed by atoms with Gasteiger partial charge >= 0.3 is 5.69 Å². The number of rotatable bonds is 3. The second-order valence-electron chi connectivity index (χ2n) is 6.19. The molecule has 0 aliphatic carbocycles. The van der Waals surface area contributed by atoms with E-state index in [-0.39, 0.29) is 11.2 Å². The molecule has 3 heterocycles. The van der Waals surface area contributed by atoms with Gasteiger partial charge in [-0.3, -0.25) is 22.9 Å². The highest BCUT2D eigenvalue weighted by Gasteiger charge is 2.20. The molecule has 4 aromatic rings. The highest BCUT2D eigenvalue weighted by atomic mass is 16.2. The Kier molecular flexibility index (Phi) is 3.38. The average Bonchev–Trinajstić information content (AvgIpc) is 3.12. The lowest BCUT2D eigenvalue weighted by molar-refractivity contribution is 0.592. The molecule has 0 N–H and O–H groups in total. The zero-order valence-electron chi connectivity index (χ0n) is 14.4. The van der Waals surface area contributed by atoms with Crippen LogP contribution in [0.15, 0.2) is 46.1 Å². The number of hydrogen-bond donors (Lipinski definition) is 0. The van der Waals surface area contributed by atoms with Gasteiger partial charge in [0.1, 0.15) is 0 Å². The van der Waals surface area contributed by atoms with E-state index < -0.39 is 0 Å². The summed E-state index contributed by atoms with van der Waals surface area (Å²) >= 11 is 0. The Morgan fingerprint density at radius 3 is 2.52 bits per heavy atom. The fourth-order valence-electron chi connectivity index (χ4n) is 3.33. The lowest BCUT2D eigenvalue weighted by Crippen LogP contribution is -2.39. The Hall–Kier alpha value is -3.09. The molecule has 7 heteroatoms. The Balaban J connectivity index is 2.17. The zero-order chi connectivity index (χ0) is 17.7. The van der Waals surface area contributed by atoms with Gasteiger partial charge in [-0.2, -0.15) is 4.98 Å². The van der Waals surface area contributed by atoms with Crippen LogP contribution >= 0.6 is 0 Å². The molecule has 128 valence electrons. The van der Waals surface area contributed by atoms with E-state index >= 15 is 0 Å². The van der Waals surface area contributed by atoms with Crippen LogP contribution in [0.1, 0.15) is 19.0 Å². The molecule has 0 aliphatic rings. The maximum atomic E-state index is 12.9. The summed E-state index contributed by atoms with van der Waals surface area (Å²) in [6.07, 6.45) is 2.60. The topological polar surface area (TPSA) is 66.2 Å². The molecule has 1 aromatic carbocycles. The van der Waals surface area contributed by atoms with Gasteiger partial charge in [0.25, 0.3) is 5.56 Å². The molecule has 0 aliphatic heterocycles. The molecule has 25 heavy (non-hydrogen) atoms. The van der Waals surface area contributed by atoms with E-state index in [0.717, 1.165) is 11.4 Å². The van der Waals surface area contributed by atoms with Crippen molar-refractivity contribution in [1.82, 2.24) is 23.1 Å². The molecule has 0 saturated carbocycles. The quantitative estimate of drug-likeness (QED) is 0.573. The molecule has 0 bridgehead atoms. The van der Waals surface area contributed by atoms with Gasteiger partial charge in [0.2, 0.25) is 5.78 Å². The van der Waals surface area contributed by atoms with E-state index in [1.54, 1.807) is 11.4 Å². The Labute approximate surface area is 143 Å². The van der Waals surface area contributed by atoms with Crippen LogP contribution in [0.25, 0.3) is 22.6 Å². The number of nitrogens with zero attached hydrogens (tertiary/aromatic N) is 5. The number of aryl methyl sites for hydroxylation is 2. The van der Waals surface area contributed by atoms with Crippen molar-refractivity contribution in [3.05, 3.63) is 63.1 Å². The summed E-state index contributed by atoms with van der Waals surface area (Å²) in [6.45, 7) is 4.31. The van der Waals surface area contributed by atoms with Crippen molar-refractivity contribution < 1.29 is 0 Å². The van der Waals surface area contributed by atoms with E-state index in [9.17, 15) is 9.59 Å². The Morgan fingerprint density at radius 2 is 1.84 bits per heavy atom. The fourth-order valence-corrected chi connectivity index (χ4v) is 3.33. The molecule has 0 unspecified atom stereocenters. The molecule has 4 rings (SSSR count). The van der Waals surface area contributed by atoms with E-state index in [2.05, 4.69) is 4.98 Å². The third-order valence-electron chi connectivity index (χ3n) is 4.49. The van der Waals surface area contributed by atoms with Gasteiger partial charge in [-0.25, -0.2) is 4.79 Å². The number of hydrogen-bond acceptors (Lipinski definition) is 3. The van der Waals surface area contributed by atoms with E-state index in [1.807, 2.05) is 54.9 Å². The summed E-state index contributed by atoms with van der Waals surface area (Å²) in [5.74, 6) is 0.625. The van der Waals surface area contributed by atoms with Crippen LogP contribution in [-0.4, -0.2) is 23.1 Å². The van der Waals surface area contributed by atoms with Crippen molar-refractivity contribution >= 4 is 16.9 Å². The van der Waals surface area contributed by atoms with Gasteiger partial charge in [0.15, 0.2) is 11.2 Å². The Morgan fingerprint density at radius 1 is 1.12 bits per heavy atom. The average molecular weight is 337 g/mol. The predicted octanol–water partition coefficient (Wildman–Crippen LogP) is 1.86. The molecule has 3 aromatic heterocycles. The highest BCUT2D eigenvalue weighted by molar-refractivity contribution is 5.76. The number of benzene rings is 1. The zero-order valence-corrected chi connectivity index (χ0v) is 14.4. The van der Waals surface area contributed by atoms with Crippen LogP contribution in [0.5, 0.6) is 0 Å². The number of fused-ring (bicyclic) bond motifs is 3. The van der Waals surface area contributed by atoms with Crippen LogP contribution in [0.3, 0.4) is 0 Å². The molecular weight excluding hydrogens is 318 g/mol. The lowest BCUT2D eigenvalue weighted by Gasteiger charge is -2.06. The van der Waals surface area contributed by atoms with Crippen molar-refractivity contribution in [2.45, 2.75) is 26.8 Å². The van der Waals surface area contributed by atoms with E-state index in [0.29, 0.717) is 29.9 Å². The van der Waals surface area contributed by atoms with Crippen LogP contribution in [0, 0.1) is 6.92 Å². The largest absolute Gasteiger partial charge is 0.332 e. The van der Waals surface area contributed by atoms with Gasteiger partial charge in [-0.15, -0.1) is 0 Å². The minimum absolute atomic E-state index is 0.294. The van der Waals surface area contributed by atoms with Crippen molar-refractivity contribution in [2.24, 2.45) is 7.05 Å². The number of para-hydroxylation sites is 1. The summed E-state index contributed by atoms with van der Waals surface area (Å²) in [5, 5.41) is 0. The summed E-state index contributed by atoms with van der Waals surface area (Å²) < 4.78 is 6.50. The highest BCUT2D eigenvalue weighted by Crippen LogP contribution is 2.20.